The van der Waals surface area contributed by atoms with Gasteiger partial charge < -0.3 is 14.8 Å². The number of hydrogen-bond donors (Lipinski definition) is 1. The van der Waals surface area contributed by atoms with Gasteiger partial charge in [-0.1, -0.05) is 17.7 Å². The zero-order valence-electron chi connectivity index (χ0n) is 12.4. The van der Waals surface area contributed by atoms with Crippen molar-refractivity contribution in [1.29, 1.82) is 0 Å². The van der Waals surface area contributed by atoms with Crippen molar-refractivity contribution in [3.05, 3.63) is 29.3 Å². The zero-order chi connectivity index (χ0) is 14.5. The van der Waals surface area contributed by atoms with E-state index in [0.29, 0.717) is 13.0 Å². The maximum Gasteiger partial charge on any atom is 0.325 e. The van der Waals surface area contributed by atoms with E-state index in [9.17, 15) is 4.79 Å². The molecule has 0 amide bonds. The number of methoxy groups -OCH3 is 1. The number of esters is 1. The molecule has 1 atom stereocenters. The number of aryl methyl sites for hydroxylation is 2. The van der Waals surface area contributed by atoms with Gasteiger partial charge >= 0.3 is 5.97 Å². The number of carbonyl (C=O) groups excluding carboxylic acids is 1. The molecule has 1 aromatic rings. The molecule has 0 aliphatic heterocycles. The average Bonchev–Trinajstić information content (AvgIpc) is 2.40. The van der Waals surface area contributed by atoms with Crippen LogP contribution in [0.1, 0.15) is 24.5 Å². The standard InChI is InChI=1S/C15H23NO3/c1-11-6-7-13(12(2)10-11)19-9-8-15(3,16-4)14(17)18-5/h6-7,10,16H,8-9H2,1-5H3. The highest BCUT2D eigenvalue weighted by Crippen LogP contribution is 2.20. The monoisotopic (exact) mass is 265 g/mol. The van der Waals surface area contributed by atoms with Crippen molar-refractivity contribution < 1.29 is 14.3 Å². The molecule has 0 heterocycles. The summed E-state index contributed by atoms with van der Waals surface area (Å²) in [6, 6.07) is 6.05. The van der Waals surface area contributed by atoms with Crippen molar-refractivity contribution >= 4 is 5.97 Å². The lowest BCUT2D eigenvalue weighted by atomic mass is 9.99. The first kappa shape index (κ1) is 15.5. The lowest BCUT2D eigenvalue weighted by molar-refractivity contribution is -0.148. The molecule has 0 bridgehead atoms. The fourth-order valence-corrected chi connectivity index (χ4v) is 1.88. The summed E-state index contributed by atoms with van der Waals surface area (Å²) in [5, 5.41) is 2.98. The largest absolute Gasteiger partial charge is 0.493 e. The maximum absolute atomic E-state index is 11.7. The van der Waals surface area contributed by atoms with Gasteiger partial charge in [-0.25, -0.2) is 0 Å². The van der Waals surface area contributed by atoms with Crippen molar-refractivity contribution in [3.63, 3.8) is 0 Å². The molecule has 0 saturated carbocycles. The Kier molecular flexibility index (Phi) is 5.36. The maximum atomic E-state index is 11.7. The second-order valence-electron chi connectivity index (χ2n) is 4.94. The Balaban J connectivity index is 2.60. The van der Waals surface area contributed by atoms with E-state index in [4.69, 9.17) is 9.47 Å². The summed E-state index contributed by atoms with van der Waals surface area (Å²) in [6.45, 7) is 6.33. The lowest BCUT2D eigenvalue weighted by Crippen LogP contribution is -2.49. The minimum atomic E-state index is -0.715. The SMILES string of the molecule is CNC(C)(CCOc1ccc(C)cc1C)C(=O)OC. The van der Waals surface area contributed by atoms with E-state index >= 15 is 0 Å². The van der Waals surface area contributed by atoms with E-state index in [1.54, 1.807) is 7.05 Å². The second-order valence-corrected chi connectivity index (χ2v) is 4.94. The van der Waals surface area contributed by atoms with Gasteiger partial charge in [0.1, 0.15) is 11.3 Å². The molecule has 1 rings (SSSR count). The van der Waals surface area contributed by atoms with E-state index in [2.05, 4.69) is 11.4 Å². The molecule has 0 saturated heterocycles. The van der Waals surface area contributed by atoms with Crippen LogP contribution in [0.2, 0.25) is 0 Å². The van der Waals surface area contributed by atoms with Crippen LogP contribution in [0, 0.1) is 13.8 Å². The fraction of sp³-hybridized carbons (Fsp3) is 0.533. The molecule has 4 heteroatoms. The van der Waals surface area contributed by atoms with Crippen LogP contribution < -0.4 is 10.1 Å². The van der Waals surface area contributed by atoms with Crippen LogP contribution in [0.25, 0.3) is 0 Å². The topological polar surface area (TPSA) is 47.6 Å². The van der Waals surface area contributed by atoms with Gasteiger partial charge in [-0.15, -0.1) is 0 Å². The smallest absolute Gasteiger partial charge is 0.325 e. The van der Waals surface area contributed by atoms with Gasteiger partial charge in [-0.05, 0) is 39.4 Å². The molecule has 106 valence electrons. The Morgan fingerprint density at radius 3 is 2.58 bits per heavy atom. The molecule has 19 heavy (non-hydrogen) atoms. The van der Waals surface area contributed by atoms with Crippen molar-refractivity contribution in [3.8, 4) is 5.75 Å². The Bertz CT molecular complexity index is 445. The first-order chi connectivity index (χ1) is 8.92. The molecule has 0 spiro atoms. The van der Waals surface area contributed by atoms with Crippen LogP contribution in [0.4, 0.5) is 0 Å². The van der Waals surface area contributed by atoms with Gasteiger partial charge in [0.2, 0.25) is 0 Å². The molecule has 0 aromatic heterocycles. The summed E-state index contributed by atoms with van der Waals surface area (Å²) in [5.41, 5.74) is 1.59. The van der Waals surface area contributed by atoms with Crippen LogP contribution in [-0.2, 0) is 9.53 Å². The summed E-state index contributed by atoms with van der Waals surface area (Å²) in [5.74, 6) is 0.577. The Morgan fingerprint density at radius 2 is 2.05 bits per heavy atom. The Labute approximate surface area is 115 Å². The molecule has 0 aliphatic rings. The first-order valence-corrected chi connectivity index (χ1v) is 6.40. The van der Waals surface area contributed by atoms with Crippen molar-refractivity contribution in [2.45, 2.75) is 32.7 Å². The normalized spacial score (nSPS) is 13.7. The van der Waals surface area contributed by atoms with Gasteiger partial charge in [0.05, 0.1) is 13.7 Å². The lowest BCUT2D eigenvalue weighted by Gasteiger charge is -2.26. The van der Waals surface area contributed by atoms with E-state index in [0.717, 1.165) is 11.3 Å². The van der Waals surface area contributed by atoms with Crippen molar-refractivity contribution in [2.75, 3.05) is 20.8 Å². The molecular formula is C15H23NO3. The van der Waals surface area contributed by atoms with Gasteiger partial charge in [0.15, 0.2) is 0 Å². The summed E-state index contributed by atoms with van der Waals surface area (Å²) in [4.78, 5) is 11.7. The first-order valence-electron chi connectivity index (χ1n) is 6.40. The predicted molar refractivity (Wildman–Crippen MR) is 75.5 cm³/mol. The van der Waals surface area contributed by atoms with E-state index in [1.807, 2.05) is 32.9 Å². The van der Waals surface area contributed by atoms with E-state index in [1.165, 1.54) is 12.7 Å². The predicted octanol–water partition coefficient (Wildman–Crippen LogP) is 2.22. The summed E-state index contributed by atoms with van der Waals surface area (Å²) in [6.07, 6.45) is 0.545. The van der Waals surface area contributed by atoms with Crippen LogP contribution >= 0.6 is 0 Å². The van der Waals surface area contributed by atoms with E-state index < -0.39 is 5.54 Å². The van der Waals surface area contributed by atoms with Crippen molar-refractivity contribution in [2.24, 2.45) is 0 Å². The number of nitrogens with one attached hydrogen (secondary N) is 1. The number of ether oxygens (including phenoxy) is 2. The highest BCUT2D eigenvalue weighted by Gasteiger charge is 2.32. The second kappa shape index (κ2) is 6.57. The Morgan fingerprint density at radius 1 is 1.37 bits per heavy atom. The summed E-state index contributed by atoms with van der Waals surface area (Å²) in [7, 11) is 3.14. The van der Waals surface area contributed by atoms with Gasteiger partial charge in [0.25, 0.3) is 0 Å². The van der Waals surface area contributed by atoms with Gasteiger partial charge in [0, 0.05) is 6.42 Å². The zero-order valence-corrected chi connectivity index (χ0v) is 12.4. The van der Waals surface area contributed by atoms with Crippen LogP contribution in [-0.4, -0.2) is 32.3 Å². The van der Waals surface area contributed by atoms with Crippen LogP contribution in [0.15, 0.2) is 18.2 Å². The van der Waals surface area contributed by atoms with E-state index in [-0.39, 0.29) is 5.97 Å². The van der Waals surface area contributed by atoms with Crippen LogP contribution in [0.3, 0.4) is 0 Å². The number of hydrogen-bond acceptors (Lipinski definition) is 4. The molecule has 0 aliphatic carbocycles. The summed E-state index contributed by atoms with van der Waals surface area (Å²) < 4.78 is 10.5. The fourth-order valence-electron chi connectivity index (χ4n) is 1.88. The average molecular weight is 265 g/mol. The molecule has 1 aromatic carbocycles. The third-order valence-corrected chi connectivity index (χ3v) is 3.38. The quantitative estimate of drug-likeness (QED) is 0.801. The minimum absolute atomic E-state index is 0.278. The molecular weight excluding hydrogens is 242 g/mol. The molecule has 1 N–H and O–H groups in total. The molecule has 0 radical (unpaired) electrons. The van der Waals surface area contributed by atoms with Crippen LogP contribution in [0.5, 0.6) is 5.75 Å². The number of carbonyl (C=O) groups is 1. The highest BCUT2D eigenvalue weighted by molar-refractivity contribution is 5.80. The summed E-state index contributed by atoms with van der Waals surface area (Å²) >= 11 is 0. The third-order valence-electron chi connectivity index (χ3n) is 3.38. The molecule has 0 fully saturated rings. The number of benzene rings is 1. The molecule has 1 unspecified atom stereocenters. The third kappa shape index (κ3) is 3.96. The van der Waals surface area contributed by atoms with Gasteiger partial charge in [-0.2, -0.15) is 0 Å². The highest BCUT2D eigenvalue weighted by atomic mass is 16.5. The minimum Gasteiger partial charge on any atom is -0.493 e. The Hall–Kier alpha value is -1.55. The van der Waals surface area contributed by atoms with Gasteiger partial charge in [-0.3, -0.25) is 4.79 Å². The number of rotatable bonds is 6. The molecule has 4 nitrogen and oxygen atoms in total. The van der Waals surface area contributed by atoms with Crippen molar-refractivity contribution in [1.82, 2.24) is 5.32 Å². The number of likely N-dealkylation sites (N-methyl/N-ethyl adjacent to an activating group) is 1.